The second-order valence-corrected chi connectivity index (χ2v) is 5.33. The smallest absolute Gasteiger partial charge is 0.301 e. The number of carbonyl (C=O) groups is 4. The van der Waals surface area contributed by atoms with Crippen molar-refractivity contribution in [1.29, 1.82) is 0 Å². The molecule has 0 aliphatic carbocycles. The van der Waals surface area contributed by atoms with Crippen LogP contribution in [0.4, 0.5) is 0 Å². The summed E-state index contributed by atoms with van der Waals surface area (Å²) in [6, 6.07) is 2.78. The molecule has 0 unspecified atom stereocenters. The van der Waals surface area contributed by atoms with Gasteiger partial charge in [-0.2, -0.15) is 0 Å². The van der Waals surface area contributed by atoms with E-state index in [0.717, 1.165) is 0 Å². The molecular weight excluding hydrogens is 344 g/mol. The maximum atomic E-state index is 12.2. The normalized spacial score (nSPS) is 10.4. The second kappa shape index (κ2) is 8.74. The summed E-state index contributed by atoms with van der Waals surface area (Å²) in [5, 5.41) is 0. The van der Waals surface area contributed by atoms with Crippen LogP contribution in [0.25, 0.3) is 0 Å². The molecule has 2 aromatic rings. The highest BCUT2D eigenvalue weighted by Gasteiger charge is 2.21. The Bertz CT molecular complexity index is 754. The Morgan fingerprint density at radius 1 is 0.769 bits per heavy atom. The van der Waals surface area contributed by atoms with Crippen molar-refractivity contribution in [3.05, 3.63) is 47.3 Å². The van der Waals surface area contributed by atoms with Gasteiger partial charge in [0, 0.05) is 12.8 Å². The Hall–Kier alpha value is -3.24. The number of unbranched alkanes of at least 4 members (excludes halogenated alkanes) is 1. The van der Waals surface area contributed by atoms with Crippen molar-refractivity contribution >= 4 is 23.4 Å². The summed E-state index contributed by atoms with van der Waals surface area (Å²) < 4.78 is 9.91. The third-order valence-electron chi connectivity index (χ3n) is 3.66. The van der Waals surface area contributed by atoms with Crippen LogP contribution in [0.15, 0.2) is 33.5 Å². The Labute approximate surface area is 147 Å². The number of nitrogens with two attached hydrogens (primary N) is 2. The van der Waals surface area contributed by atoms with Crippen molar-refractivity contribution < 1.29 is 28.0 Å². The lowest BCUT2D eigenvalue weighted by Crippen LogP contribution is -2.30. The molecule has 6 N–H and O–H groups in total. The topological polar surface area (TPSA) is 171 Å². The molecule has 10 nitrogen and oxygen atoms in total. The van der Waals surface area contributed by atoms with Gasteiger partial charge in [0.05, 0.1) is 23.7 Å². The Kier molecular flexibility index (Phi) is 6.42. The molecule has 0 radical (unpaired) electrons. The van der Waals surface area contributed by atoms with Crippen molar-refractivity contribution in [2.45, 2.75) is 25.7 Å². The number of hydrogen-bond acceptors (Lipinski definition) is 8. The molecule has 2 amide bonds. The number of carbonyl (C=O) groups excluding carboxylic acids is 4. The predicted molar refractivity (Wildman–Crippen MR) is 87.9 cm³/mol. The van der Waals surface area contributed by atoms with E-state index in [-0.39, 0.29) is 47.1 Å². The molecular formula is C16H18N4O6. The summed E-state index contributed by atoms with van der Waals surface area (Å²) >= 11 is 0. The minimum absolute atomic E-state index is 0.124. The summed E-state index contributed by atoms with van der Waals surface area (Å²) in [5.74, 6) is 7.77. The molecule has 0 saturated carbocycles. The molecule has 0 aliphatic heterocycles. The van der Waals surface area contributed by atoms with E-state index in [2.05, 4.69) is 0 Å². The Morgan fingerprint density at radius 3 is 1.50 bits per heavy atom. The lowest BCUT2D eigenvalue weighted by molar-refractivity contribution is 0.0901. The van der Waals surface area contributed by atoms with Crippen LogP contribution in [0.3, 0.4) is 0 Å². The van der Waals surface area contributed by atoms with Crippen molar-refractivity contribution in [1.82, 2.24) is 10.9 Å². The van der Waals surface area contributed by atoms with Gasteiger partial charge in [0.25, 0.3) is 0 Å². The van der Waals surface area contributed by atoms with Gasteiger partial charge in [-0.3, -0.25) is 30.0 Å². The molecule has 0 saturated heterocycles. The fraction of sp³-hybridized carbons (Fsp3) is 0.250. The summed E-state index contributed by atoms with van der Waals surface area (Å²) in [7, 11) is 0. The van der Waals surface area contributed by atoms with E-state index in [1.165, 1.54) is 24.7 Å². The van der Waals surface area contributed by atoms with Crippen LogP contribution < -0.4 is 22.5 Å². The fourth-order valence-electron chi connectivity index (χ4n) is 2.38. The first-order valence-electron chi connectivity index (χ1n) is 7.72. The molecule has 26 heavy (non-hydrogen) atoms. The van der Waals surface area contributed by atoms with Gasteiger partial charge in [-0.15, -0.1) is 0 Å². The largest absolute Gasteiger partial charge is 0.458 e. The van der Waals surface area contributed by atoms with Gasteiger partial charge in [0.15, 0.2) is 11.6 Å². The lowest BCUT2D eigenvalue weighted by atomic mass is 10.0. The number of rotatable bonds is 9. The number of hydrogen-bond donors (Lipinski definition) is 4. The number of nitrogens with one attached hydrogen (secondary N) is 2. The molecule has 10 heteroatoms. The van der Waals surface area contributed by atoms with Gasteiger partial charge >= 0.3 is 11.8 Å². The quantitative estimate of drug-likeness (QED) is 0.166. The van der Waals surface area contributed by atoms with Crippen molar-refractivity contribution in [3.63, 3.8) is 0 Å². The minimum atomic E-state index is -0.695. The number of amides is 2. The van der Waals surface area contributed by atoms with E-state index in [9.17, 15) is 19.2 Å². The van der Waals surface area contributed by atoms with Crippen LogP contribution in [0.5, 0.6) is 0 Å². The van der Waals surface area contributed by atoms with E-state index in [0.29, 0.717) is 12.8 Å². The van der Waals surface area contributed by atoms with E-state index in [1.807, 2.05) is 10.9 Å². The van der Waals surface area contributed by atoms with Crippen molar-refractivity contribution in [3.8, 4) is 0 Å². The monoisotopic (exact) mass is 362 g/mol. The summed E-state index contributed by atoms with van der Waals surface area (Å²) in [5.41, 5.74) is 4.07. The van der Waals surface area contributed by atoms with E-state index in [1.54, 1.807) is 0 Å². The maximum absolute atomic E-state index is 12.2. The second-order valence-electron chi connectivity index (χ2n) is 5.33. The van der Waals surface area contributed by atoms with Crippen LogP contribution >= 0.6 is 0 Å². The first-order chi connectivity index (χ1) is 12.5. The van der Waals surface area contributed by atoms with Crippen LogP contribution in [0, 0.1) is 0 Å². The maximum Gasteiger partial charge on any atom is 0.301 e. The van der Waals surface area contributed by atoms with Gasteiger partial charge in [-0.05, 0) is 25.0 Å². The highest BCUT2D eigenvalue weighted by Crippen LogP contribution is 2.17. The SMILES string of the molecule is NNC(=O)c1occc1C(=O)CCCCC(=O)c1ccoc1C(=O)NN. The van der Waals surface area contributed by atoms with Crippen molar-refractivity contribution in [2.75, 3.05) is 0 Å². The third-order valence-corrected chi connectivity index (χ3v) is 3.66. The van der Waals surface area contributed by atoms with E-state index in [4.69, 9.17) is 20.5 Å². The van der Waals surface area contributed by atoms with Gasteiger partial charge in [0.1, 0.15) is 0 Å². The van der Waals surface area contributed by atoms with Crippen molar-refractivity contribution in [2.24, 2.45) is 11.7 Å². The first-order valence-corrected chi connectivity index (χ1v) is 7.72. The number of furan rings is 2. The molecule has 2 rings (SSSR count). The summed E-state index contributed by atoms with van der Waals surface area (Å²) in [6.07, 6.45) is 3.53. The zero-order valence-corrected chi connectivity index (χ0v) is 13.7. The van der Waals surface area contributed by atoms with Crippen LogP contribution in [0.1, 0.15) is 67.5 Å². The standard InChI is InChI=1S/C16H18N4O6/c17-19-15(23)13-9(5-7-25-13)11(21)3-1-2-4-12(22)10-6-8-26-14(10)16(24)20-18/h5-8H,1-4,17-18H2,(H,19,23)(H,20,24). The molecule has 0 bridgehead atoms. The van der Waals surface area contributed by atoms with E-state index < -0.39 is 11.8 Å². The number of hydrazine groups is 2. The first kappa shape index (κ1) is 19.1. The van der Waals surface area contributed by atoms with Crippen LogP contribution in [-0.4, -0.2) is 23.4 Å². The molecule has 2 heterocycles. The highest BCUT2D eigenvalue weighted by atomic mass is 16.3. The van der Waals surface area contributed by atoms with Crippen LogP contribution in [-0.2, 0) is 0 Å². The summed E-state index contributed by atoms with van der Waals surface area (Å²) in [6.45, 7) is 0. The zero-order chi connectivity index (χ0) is 19.1. The average Bonchev–Trinajstić information content (AvgIpc) is 3.32. The predicted octanol–water partition coefficient (Wildman–Crippen LogP) is 0.706. The van der Waals surface area contributed by atoms with E-state index >= 15 is 0 Å². The zero-order valence-electron chi connectivity index (χ0n) is 13.7. The molecule has 0 fully saturated rings. The number of nitrogen functional groups attached to an aromatic ring is 2. The number of Topliss-reactive ketones (excluding diaryl/α,β-unsaturated/α-hetero) is 2. The average molecular weight is 362 g/mol. The van der Waals surface area contributed by atoms with Gasteiger partial charge in [0.2, 0.25) is 11.5 Å². The number of ketones is 2. The molecule has 0 spiro atoms. The molecule has 0 atom stereocenters. The highest BCUT2D eigenvalue weighted by molar-refractivity contribution is 6.07. The van der Waals surface area contributed by atoms with Gasteiger partial charge in [-0.25, -0.2) is 11.7 Å². The third kappa shape index (κ3) is 4.23. The Morgan fingerprint density at radius 2 is 1.15 bits per heavy atom. The van der Waals surface area contributed by atoms with Crippen LogP contribution in [0.2, 0.25) is 0 Å². The van der Waals surface area contributed by atoms with Gasteiger partial charge < -0.3 is 8.83 Å². The molecule has 2 aromatic heterocycles. The van der Waals surface area contributed by atoms with Gasteiger partial charge in [-0.1, -0.05) is 0 Å². The summed E-state index contributed by atoms with van der Waals surface area (Å²) in [4.78, 5) is 47.3. The lowest BCUT2D eigenvalue weighted by Gasteiger charge is -2.03. The Balaban J connectivity index is 1.86. The minimum Gasteiger partial charge on any atom is -0.458 e. The molecule has 0 aliphatic rings. The fourth-order valence-corrected chi connectivity index (χ4v) is 2.38. The molecule has 0 aromatic carbocycles. The molecule has 138 valence electrons.